The van der Waals surface area contributed by atoms with Crippen LogP contribution in [-0.2, 0) is 25.6 Å². The van der Waals surface area contributed by atoms with Gasteiger partial charge in [0.25, 0.3) is 0 Å². The summed E-state index contributed by atoms with van der Waals surface area (Å²) in [6, 6.07) is 6.12. The number of rotatable bonds is 7. The van der Waals surface area contributed by atoms with Crippen molar-refractivity contribution >= 4 is 23.9 Å². The fourth-order valence-corrected chi connectivity index (χ4v) is 2.61. The molecule has 192 valence electrons. The summed E-state index contributed by atoms with van der Waals surface area (Å²) in [6.07, 6.45) is -1.20. The molecule has 1 fully saturated rings. The first-order chi connectivity index (χ1) is 15.7. The lowest BCUT2D eigenvalue weighted by molar-refractivity contribution is -0.274. The molecule has 11 nitrogen and oxygen atoms in total. The van der Waals surface area contributed by atoms with Gasteiger partial charge in [-0.05, 0) is 57.1 Å². The molecule has 0 atom stereocenters. The van der Waals surface area contributed by atoms with Crippen molar-refractivity contribution in [3.63, 3.8) is 0 Å². The molecule has 1 aromatic carbocycles. The van der Waals surface area contributed by atoms with Crippen molar-refractivity contribution in [2.75, 3.05) is 39.8 Å². The summed E-state index contributed by atoms with van der Waals surface area (Å²) in [5.74, 6) is -7.46. The second-order valence-corrected chi connectivity index (χ2v) is 7.01. The summed E-state index contributed by atoms with van der Waals surface area (Å²) in [4.78, 5) is 41.1. The molecule has 0 aliphatic carbocycles. The van der Waals surface area contributed by atoms with E-state index >= 15 is 0 Å². The molecule has 0 spiro atoms. The number of carboxylic acid groups (broad SMARTS) is 4. The number of hydrogen-bond acceptors (Lipinski definition) is 7. The van der Waals surface area contributed by atoms with Crippen LogP contribution in [-0.4, -0.2) is 100 Å². The van der Waals surface area contributed by atoms with Gasteiger partial charge in [-0.3, -0.25) is 0 Å². The second kappa shape index (κ2) is 15.4. The Morgan fingerprint density at radius 2 is 1.32 bits per heavy atom. The van der Waals surface area contributed by atoms with Gasteiger partial charge in [0.1, 0.15) is 5.75 Å². The number of ether oxygens (including phenoxy) is 1. The third-order valence-corrected chi connectivity index (χ3v) is 4.30. The summed E-state index contributed by atoms with van der Waals surface area (Å²) in [7, 11) is 2.08. The van der Waals surface area contributed by atoms with Gasteiger partial charge >= 0.3 is 30.2 Å². The topological polar surface area (TPSA) is 165 Å². The van der Waals surface area contributed by atoms with Crippen molar-refractivity contribution in [3.8, 4) is 5.75 Å². The number of likely N-dealkylation sites (N-methyl/N-ethyl adjacent to an activating group) is 1. The quantitative estimate of drug-likeness (QED) is 0.404. The predicted octanol–water partition coefficient (Wildman–Crippen LogP) is 1.47. The fraction of sp³-hybridized carbons (Fsp3) is 0.500. The van der Waals surface area contributed by atoms with Crippen LogP contribution >= 0.6 is 0 Å². The van der Waals surface area contributed by atoms with Gasteiger partial charge in [-0.25, -0.2) is 19.2 Å². The molecule has 4 N–H and O–H groups in total. The van der Waals surface area contributed by atoms with Gasteiger partial charge < -0.3 is 35.0 Å². The summed E-state index contributed by atoms with van der Waals surface area (Å²) < 4.78 is 40.1. The molecule has 2 rings (SSSR count). The number of likely N-dealkylation sites (tertiary alicyclic amines) is 1. The molecule has 1 aliphatic rings. The molecule has 1 heterocycles. The number of nitrogens with zero attached hydrogens (tertiary/aromatic N) is 2. The van der Waals surface area contributed by atoms with Crippen molar-refractivity contribution in [2.45, 2.75) is 25.6 Å². The summed E-state index contributed by atoms with van der Waals surface area (Å²) in [5.41, 5.74) is 1.02. The molecule has 0 saturated carbocycles. The lowest BCUT2D eigenvalue weighted by atomic mass is 10.1. The maximum absolute atomic E-state index is 12.1. The van der Waals surface area contributed by atoms with Crippen LogP contribution in [0, 0.1) is 0 Å². The highest BCUT2D eigenvalue weighted by Crippen LogP contribution is 2.22. The lowest BCUT2D eigenvalue weighted by Crippen LogP contribution is -2.32. The molecule has 34 heavy (non-hydrogen) atoms. The number of benzene rings is 1. The van der Waals surface area contributed by atoms with Gasteiger partial charge in [0.2, 0.25) is 0 Å². The van der Waals surface area contributed by atoms with Crippen LogP contribution in [0.4, 0.5) is 13.2 Å². The average molecular weight is 496 g/mol. The number of hydrogen-bond donors (Lipinski definition) is 4. The molecule has 0 aromatic heterocycles. The standard InChI is InChI=1S/C16H23F3N2O.2C2H2O4/c1-20(12-13-21-9-2-3-10-21)11-8-14-4-6-15(7-5-14)22-16(17,18)19;2*3-1(4)2(5)6/h4-7H,2-3,8-13H2,1H3;2*(H,3,4)(H,5,6). The van der Waals surface area contributed by atoms with E-state index in [1.54, 1.807) is 12.1 Å². The van der Waals surface area contributed by atoms with Crippen LogP contribution in [0.25, 0.3) is 0 Å². The Kier molecular flexibility index (Phi) is 13.9. The number of aliphatic carboxylic acids is 4. The summed E-state index contributed by atoms with van der Waals surface area (Å²) in [5, 5.41) is 29.6. The predicted molar refractivity (Wildman–Crippen MR) is 111 cm³/mol. The SMILES string of the molecule is CN(CCc1ccc(OC(F)(F)F)cc1)CCN1CCCC1.O=C(O)C(=O)O.O=C(O)C(=O)O. The monoisotopic (exact) mass is 496 g/mol. The van der Waals surface area contributed by atoms with E-state index < -0.39 is 30.2 Å². The van der Waals surface area contributed by atoms with Crippen molar-refractivity contribution in [3.05, 3.63) is 29.8 Å². The first-order valence-corrected chi connectivity index (χ1v) is 9.89. The van der Waals surface area contributed by atoms with Crippen LogP contribution in [0.15, 0.2) is 24.3 Å². The largest absolute Gasteiger partial charge is 0.573 e. The van der Waals surface area contributed by atoms with Crippen LogP contribution in [0.1, 0.15) is 18.4 Å². The van der Waals surface area contributed by atoms with Gasteiger partial charge in [0, 0.05) is 19.6 Å². The normalized spacial score (nSPS) is 13.2. The van der Waals surface area contributed by atoms with E-state index in [2.05, 4.69) is 21.6 Å². The van der Waals surface area contributed by atoms with Crippen molar-refractivity contribution in [1.29, 1.82) is 0 Å². The summed E-state index contributed by atoms with van der Waals surface area (Å²) >= 11 is 0. The highest BCUT2D eigenvalue weighted by Gasteiger charge is 2.30. The third kappa shape index (κ3) is 16.3. The smallest absolute Gasteiger partial charge is 0.473 e. The van der Waals surface area contributed by atoms with Gasteiger partial charge in [-0.15, -0.1) is 13.2 Å². The van der Waals surface area contributed by atoms with Crippen molar-refractivity contribution < 1.29 is 57.5 Å². The van der Waals surface area contributed by atoms with Crippen molar-refractivity contribution in [2.24, 2.45) is 0 Å². The van der Waals surface area contributed by atoms with Gasteiger partial charge in [0.15, 0.2) is 0 Å². The highest BCUT2D eigenvalue weighted by atomic mass is 19.4. The number of carbonyl (C=O) groups is 4. The number of alkyl halides is 3. The fourth-order valence-electron chi connectivity index (χ4n) is 2.61. The van der Waals surface area contributed by atoms with E-state index in [4.69, 9.17) is 39.6 Å². The lowest BCUT2D eigenvalue weighted by Gasteiger charge is -2.21. The number of halogens is 3. The Bertz CT molecular complexity index is 747. The zero-order chi connectivity index (χ0) is 26.3. The molecule has 0 unspecified atom stereocenters. The molecule has 0 radical (unpaired) electrons. The molecule has 0 bridgehead atoms. The molecular weight excluding hydrogens is 469 g/mol. The van der Waals surface area contributed by atoms with Crippen LogP contribution in [0.3, 0.4) is 0 Å². The molecule has 1 aliphatic heterocycles. The second-order valence-electron chi connectivity index (χ2n) is 7.01. The Hall–Kier alpha value is -3.39. The molecule has 0 amide bonds. The number of carboxylic acids is 4. The minimum atomic E-state index is -4.63. The maximum Gasteiger partial charge on any atom is 0.573 e. The Morgan fingerprint density at radius 3 is 1.71 bits per heavy atom. The minimum absolute atomic E-state index is 0.168. The van der Waals surface area contributed by atoms with E-state index in [1.807, 2.05) is 0 Å². The average Bonchev–Trinajstić information content (AvgIpc) is 3.25. The van der Waals surface area contributed by atoms with E-state index in [1.165, 1.54) is 38.1 Å². The van der Waals surface area contributed by atoms with E-state index in [0.717, 1.165) is 31.6 Å². The first-order valence-electron chi connectivity index (χ1n) is 9.89. The highest BCUT2D eigenvalue weighted by molar-refractivity contribution is 6.27. The van der Waals surface area contributed by atoms with E-state index in [0.29, 0.717) is 0 Å². The summed E-state index contributed by atoms with van der Waals surface area (Å²) in [6.45, 7) is 5.42. The van der Waals surface area contributed by atoms with Gasteiger partial charge in [-0.1, -0.05) is 12.1 Å². The molecule has 1 saturated heterocycles. The molecular formula is C20H27F3N2O9. The van der Waals surface area contributed by atoms with Gasteiger partial charge in [-0.2, -0.15) is 0 Å². The van der Waals surface area contributed by atoms with Crippen LogP contribution in [0.5, 0.6) is 5.75 Å². The van der Waals surface area contributed by atoms with Crippen molar-refractivity contribution in [1.82, 2.24) is 9.80 Å². The Labute approximate surface area is 192 Å². The molecule has 14 heteroatoms. The minimum Gasteiger partial charge on any atom is -0.473 e. The van der Waals surface area contributed by atoms with Crippen LogP contribution in [0.2, 0.25) is 0 Å². The van der Waals surface area contributed by atoms with E-state index in [-0.39, 0.29) is 5.75 Å². The zero-order valence-electron chi connectivity index (χ0n) is 18.3. The Morgan fingerprint density at radius 1 is 0.882 bits per heavy atom. The van der Waals surface area contributed by atoms with Gasteiger partial charge in [0.05, 0.1) is 0 Å². The molecule has 1 aromatic rings. The third-order valence-electron chi connectivity index (χ3n) is 4.30. The van der Waals surface area contributed by atoms with E-state index in [9.17, 15) is 13.2 Å². The van der Waals surface area contributed by atoms with Crippen LogP contribution < -0.4 is 4.74 Å². The Balaban J connectivity index is 0.000000750. The zero-order valence-corrected chi connectivity index (χ0v) is 18.3. The first kappa shape index (κ1) is 30.6. The maximum atomic E-state index is 12.1.